The molecule has 0 bridgehead atoms. The molecule has 0 amide bonds. The molecule has 0 N–H and O–H groups in total. The Hall–Kier alpha value is 0.477. The maximum Gasteiger partial charge on any atom is 1.00 e. The summed E-state index contributed by atoms with van der Waals surface area (Å²) in [5, 5.41) is 3.83. The summed E-state index contributed by atoms with van der Waals surface area (Å²) in [5.41, 5.74) is 0. The molecule has 3 nitrogen and oxygen atoms in total. The van der Waals surface area contributed by atoms with E-state index in [0.717, 1.165) is 0 Å². The molecule has 0 aliphatic heterocycles. The molecule has 0 radical (unpaired) electrons. The van der Waals surface area contributed by atoms with Crippen LogP contribution in [0, 0.1) is 0 Å². The summed E-state index contributed by atoms with van der Waals surface area (Å²) in [6, 6.07) is 0. The molecule has 0 heterocycles. The quantitative estimate of drug-likeness (QED) is 0.310. The molecule has 0 rings (SSSR count). The van der Waals surface area contributed by atoms with E-state index in [4.69, 9.17) is 9.47 Å². The van der Waals surface area contributed by atoms with Gasteiger partial charge in [-0.15, -0.1) is 0 Å². The summed E-state index contributed by atoms with van der Waals surface area (Å²) in [5.74, 6) is 0. The number of methoxy groups -OCH3 is 2. The largest absolute Gasteiger partial charge is 1.00 e. The second-order valence-electron chi connectivity index (χ2n) is 1.40. The fraction of sp³-hybridized carbons (Fsp3) is 1.00. The Labute approximate surface area is 68.3 Å². The van der Waals surface area contributed by atoms with Gasteiger partial charge in [-0.25, -0.2) is 0 Å². The number of hydrogen-bond acceptors (Lipinski definition) is 2. The Bertz CT molecular complexity index is 50.2. The first-order valence-corrected chi connectivity index (χ1v) is 2.46. The van der Waals surface area contributed by atoms with Crippen LogP contribution >= 0.6 is 0 Å². The van der Waals surface area contributed by atoms with Gasteiger partial charge in [0.05, 0.1) is 0 Å². The van der Waals surface area contributed by atoms with Gasteiger partial charge in [-0.05, 0) is 0 Å². The normalized spacial score (nSPS) is 9.33. The van der Waals surface area contributed by atoms with Crippen molar-refractivity contribution in [2.75, 3.05) is 27.8 Å². The van der Waals surface area contributed by atoms with E-state index in [0.29, 0.717) is 6.54 Å². The van der Waals surface area contributed by atoms with E-state index in [1.54, 1.807) is 21.3 Å². The first-order chi connectivity index (χ1) is 3.85. The van der Waals surface area contributed by atoms with Crippen LogP contribution < -0.4 is 18.9 Å². The van der Waals surface area contributed by atoms with Crippen LogP contribution in [0.15, 0.2) is 0 Å². The standard InChI is InChI=1S/C5H12NO2.Li/c1-6-4-5(7-2)8-3;/h5H,4H2,1-3H3;/q-1;+1. The molecule has 4 heteroatoms. The number of likely N-dealkylation sites (N-methyl/N-ethyl adjacent to an activating group) is 1. The Morgan fingerprint density at radius 2 is 1.78 bits per heavy atom. The third kappa shape index (κ3) is 6.36. The van der Waals surface area contributed by atoms with E-state index in [9.17, 15) is 0 Å². The summed E-state index contributed by atoms with van der Waals surface area (Å²) in [6.45, 7) is 0.604. The van der Waals surface area contributed by atoms with Crippen molar-refractivity contribution in [1.29, 1.82) is 0 Å². The van der Waals surface area contributed by atoms with Gasteiger partial charge in [-0.1, -0.05) is 6.54 Å². The molecule has 9 heavy (non-hydrogen) atoms. The van der Waals surface area contributed by atoms with E-state index in [-0.39, 0.29) is 25.2 Å². The summed E-state index contributed by atoms with van der Waals surface area (Å²) >= 11 is 0. The predicted octanol–water partition coefficient (Wildman–Crippen LogP) is -2.39. The van der Waals surface area contributed by atoms with Crippen molar-refractivity contribution in [3.63, 3.8) is 0 Å². The smallest absolute Gasteiger partial charge is 0.661 e. The molecule has 0 aromatic carbocycles. The minimum absolute atomic E-state index is 0. The van der Waals surface area contributed by atoms with Gasteiger partial charge in [0.2, 0.25) is 0 Å². The molecular weight excluding hydrogens is 113 g/mol. The van der Waals surface area contributed by atoms with Crippen LogP contribution in [0.3, 0.4) is 0 Å². The van der Waals surface area contributed by atoms with Crippen LogP contribution in [0.4, 0.5) is 0 Å². The third-order valence-corrected chi connectivity index (χ3v) is 0.857. The monoisotopic (exact) mass is 125 g/mol. The van der Waals surface area contributed by atoms with Gasteiger partial charge >= 0.3 is 18.9 Å². The Balaban J connectivity index is 0. The minimum atomic E-state index is -0.167. The maximum atomic E-state index is 4.82. The topological polar surface area (TPSA) is 32.6 Å². The van der Waals surface area contributed by atoms with E-state index in [2.05, 4.69) is 5.32 Å². The molecule has 50 valence electrons. The van der Waals surface area contributed by atoms with Gasteiger partial charge < -0.3 is 14.8 Å². The van der Waals surface area contributed by atoms with Crippen LogP contribution in [-0.4, -0.2) is 34.1 Å². The van der Waals surface area contributed by atoms with Crippen LogP contribution in [-0.2, 0) is 9.47 Å². The van der Waals surface area contributed by atoms with Crippen molar-refractivity contribution in [2.45, 2.75) is 6.29 Å². The molecule has 0 saturated heterocycles. The molecular formula is C5H12LiNO2. The molecule has 0 saturated carbocycles. The summed E-state index contributed by atoms with van der Waals surface area (Å²) < 4.78 is 9.65. The van der Waals surface area contributed by atoms with Gasteiger partial charge in [0.25, 0.3) is 0 Å². The average molecular weight is 125 g/mol. The van der Waals surface area contributed by atoms with Crippen LogP contribution in [0.2, 0.25) is 0 Å². The first kappa shape index (κ1) is 12.2. The fourth-order valence-corrected chi connectivity index (χ4v) is 0.394. The number of hydrogen-bond donors (Lipinski definition) is 0. The predicted molar refractivity (Wildman–Crippen MR) is 32.0 cm³/mol. The van der Waals surface area contributed by atoms with Gasteiger partial charge in [-0.3, -0.25) is 0 Å². The zero-order valence-corrected chi connectivity index (χ0v) is 6.55. The van der Waals surface area contributed by atoms with Crippen molar-refractivity contribution in [1.82, 2.24) is 0 Å². The zero-order valence-electron chi connectivity index (χ0n) is 6.55. The summed E-state index contributed by atoms with van der Waals surface area (Å²) in [6.07, 6.45) is -0.167. The Morgan fingerprint density at radius 1 is 1.33 bits per heavy atom. The van der Waals surface area contributed by atoms with E-state index in [1.807, 2.05) is 0 Å². The van der Waals surface area contributed by atoms with Crippen LogP contribution in [0.25, 0.3) is 5.32 Å². The minimum Gasteiger partial charge on any atom is -0.661 e. The van der Waals surface area contributed by atoms with E-state index >= 15 is 0 Å². The van der Waals surface area contributed by atoms with Crippen molar-refractivity contribution in [3.8, 4) is 0 Å². The molecule has 0 aromatic rings. The van der Waals surface area contributed by atoms with Crippen LogP contribution in [0.1, 0.15) is 0 Å². The molecule has 0 fully saturated rings. The van der Waals surface area contributed by atoms with Gasteiger partial charge in [0, 0.05) is 14.2 Å². The zero-order chi connectivity index (χ0) is 6.41. The Morgan fingerprint density at radius 3 is 1.89 bits per heavy atom. The number of ether oxygens (including phenoxy) is 2. The molecule has 0 atom stereocenters. The van der Waals surface area contributed by atoms with Crippen molar-refractivity contribution < 1.29 is 28.3 Å². The van der Waals surface area contributed by atoms with Gasteiger partial charge in [0.15, 0.2) is 0 Å². The molecule has 0 aliphatic rings. The maximum absolute atomic E-state index is 4.82. The van der Waals surface area contributed by atoms with Gasteiger partial charge in [-0.2, -0.15) is 7.05 Å². The summed E-state index contributed by atoms with van der Waals surface area (Å²) in [7, 11) is 4.92. The molecule has 0 aliphatic carbocycles. The molecule has 0 spiro atoms. The number of nitrogens with zero attached hydrogens (tertiary/aromatic N) is 1. The Kier molecular flexibility index (Phi) is 11.5. The molecule has 0 unspecified atom stereocenters. The number of rotatable bonds is 4. The van der Waals surface area contributed by atoms with Crippen molar-refractivity contribution in [2.24, 2.45) is 0 Å². The SMILES string of the molecule is C[N-]CC(OC)OC.[Li+]. The molecule has 0 aromatic heterocycles. The van der Waals surface area contributed by atoms with Crippen molar-refractivity contribution >= 4 is 0 Å². The van der Waals surface area contributed by atoms with Crippen LogP contribution in [0.5, 0.6) is 0 Å². The second kappa shape index (κ2) is 8.48. The van der Waals surface area contributed by atoms with E-state index < -0.39 is 0 Å². The van der Waals surface area contributed by atoms with Gasteiger partial charge in [0.1, 0.15) is 6.29 Å². The average Bonchev–Trinajstić information content (AvgIpc) is 1.83. The first-order valence-electron chi connectivity index (χ1n) is 2.46. The van der Waals surface area contributed by atoms with Crippen molar-refractivity contribution in [3.05, 3.63) is 5.32 Å². The summed E-state index contributed by atoms with van der Waals surface area (Å²) in [4.78, 5) is 0. The van der Waals surface area contributed by atoms with E-state index in [1.165, 1.54) is 0 Å². The third-order valence-electron chi connectivity index (χ3n) is 0.857. The second-order valence-corrected chi connectivity index (χ2v) is 1.40. The fourth-order valence-electron chi connectivity index (χ4n) is 0.394.